The zero-order valence-electron chi connectivity index (χ0n) is 12.7. The van der Waals surface area contributed by atoms with Gasteiger partial charge >= 0.3 is 0 Å². The molecule has 0 bridgehead atoms. The predicted molar refractivity (Wildman–Crippen MR) is 96.1 cm³/mol. The van der Waals surface area contributed by atoms with E-state index in [1.807, 2.05) is 66.7 Å². The maximum absolute atomic E-state index is 12.1. The number of rotatable bonds is 5. The Kier molecular flexibility index (Phi) is 4.69. The second kappa shape index (κ2) is 7.07. The molecule has 0 amide bonds. The van der Waals surface area contributed by atoms with Crippen LogP contribution >= 0.6 is 11.3 Å². The summed E-state index contributed by atoms with van der Waals surface area (Å²) in [5, 5.41) is 0. The van der Waals surface area contributed by atoms with E-state index in [0.29, 0.717) is 5.56 Å². The number of hydrogen-bond acceptors (Lipinski definition) is 3. The minimum Gasteiger partial charge on any atom is -0.497 e. The summed E-state index contributed by atoms with van der Waals surface area (Å²) in [5.41, 5.74) is 1.85. The van der Waals surface area contributed by atoms with Gasteiger partial charge in [-0.25, -0.2) is 0 Å². The molecule has 2 aromatic carbocycles. The van der Waals surface area contributed by atoms with Crippen LogP contribution in [-0.4, -0.2) is 12.9 Å². The van der Waals surface area contributed by atoms with Crippen molar-refractivity contribution >= 4 is 23.2 Å². The van der Waals surface area contributed by atoms with E-state index in [2.05, 4.69) is 6.07 Å². The van der Waals surface area contributed by atoms with Crippen molar-refractivity contribution in [3.05, 3.63) is 83.2 Å². The lowest BCUT2D eigenvalue weighted by molar-refractivity contribution is 0.104. The fraction of sp³-hybridized carbons (Fsp3) is 0.0500. The van der Waals surface area contributed by atoms with Gasteiger partial charge in [-0.3, -0.25) is 4.79 Å². The van der Waals surface area contributed by atoms with Crippen molar-refractivity contribution in [1.29, 1.82) is 0 Å². The first-order chi connectivity index (χ1) is 11.3. The van der Waals surface area contributed by atoms with Gasteiger partial charge in [-0.05, 0) is 54.1 Å². The van der Waals surface area contributed by atoms with Gasteiger partial charge in [-0.2, -0.15) is 0 Å². The summed E-state index contributed by atoms with van der Waals surface area (Å²) in [6, 6.07) is 21.3. The van der Waals surface area contributed by atoms with Gasteiger partial charge in [0.15, 0.2) is 5.78 Å². The first kappa shape index (κ1) is 15.3. The molecule has 0 saturated carbocycles. The Morgan fingerprint density at radius 2 is 1.70 bits per heavy atom. The summed E-state index contributed by atoms with van der Waals surface area (Å²) < 4.78 is 5.17. The van der Waals surface area contributed by atoms with Crippen molar-refractivity contribution in [2.75, 3.05) is 7.11 Å². The van der Waals surface area contributed by atoms with E-state index in [9.17, 15) is 4.79 Å². The van der Waals surface area contributed by atoms with Crippen molar-refractivity contribution in [2.45, 2.75) is 0 Å². The standard InChI is InChI=1S/C20H16O2S/c1-22-17-9-7-16(8-10-17)20-14-12-18(23-20)11-13-19(21)15-5-3-2-4-6-15/h2-14H,1H3/b13-11+. The van der Waals surface area contributed by atoms with Gasteiger partial charge in [0, 0.05) is 15.3 Å². The second-order valence-corrected chi connectivity index (χ2v) is 6.11. The molecule has 0 saturated heterocycles. The van der Waals surface area contributed by atoms with Crippen LogP contribution in [-0.2, 0) is 0 Å². The maximum atomic E-state index is 12.1. The quantitative estimate of drug-likeness (QED) is 0.470. The lowest BCUT2D eigenvalue weighted by Crippen LogP contribution is -1.92. The van der Waals surface area contributed by atoms with Crippen LogP contribution in [0.1, 0.15) is 15.2 Å². The summed E-state index contributed by atoms with van der Waals surface area (Å²) in [6.07, 6.45) is 3.49. The Bertz CT molecular complexity index is 814. The molecule has 0 aliphatic heterocycles. The van der Waals surface area contributed by atoms with Gasteiger partial charge in [-0.1, -0.05) is 30.3 Å². The molecule has 1 aromatic heterocycles. The minimum absolute atomic E-state index is 0.0185. The van der Waals surface area contributed by atoms with Gasteiger partial charge < -0.3 is 4.74 Å². The number of benzene rings is 2. The van der Waals surface area contributed by atoms with E-state index >= 15 is 0 Å². The van der Waals surface area contributed by atoms with Crippen LogP contribution in [0.4, 0.5) is 0 Å². The second-order valence-electron chi connectivity index (χ2n) is 4.99. The van der Waals surface area contributed by atoms with Crippen LogP contribution in [0.3, 0.4) is 0 Å². The summed E-state index contributed by atoms with van der Waals surface area (Å²) >= 11 is 1.66. The molecular weight excluding hydrogens is 304 g/mol. The Balaban J connectivity index is 1.74. The molecule has 2 nitrogen and oxygen atoms in total. The van der Waals surface area contributed by atoms with Crippen LogP contribution in [0.25, 0.3) is 16.5 Å². The number of carbonyl (C=O) groups is 1. The molecule has 0 atom stereocenters. The van der Waals surface area contributed by atoms with Crippen LogP contribution in [0.5, 0.6) is 5.75 Å². The fourth-order valence-corrected chi connectivity index (χ4v) is 3.13. The highest BCUT2D eigenvalue weighted by atomic mass is 32.1. The van der Waals surface area contributed by atoms with Crippen molar-refractivity contribution in [3.8, 4) is 16.2 Å². The number of hydrogen-bond donors (Lipinski definition) is 0. The zero-order valence-corrected chi connectivity index (χ0v) is 13.5. The smallest absolute Gasteiger partial charge is 0.185 e. The van der Waals surface area contributed by atoms with Gasteiger partial charge in [0.25, 0.3) is 0 Å². The van der Waals surface area contributed by atoms with Gasteiger partial charge in [0.2, 0.25) is 0 Å². The van der Waals surface area contributed by atoms with Gasteiger partial charge in [0.05, 0.1) is 7.11 Å². The lowest BCUT2D eigenvalue weighted by Gasteiger charge is -2.00. The Labute approximate surface area is 139 Å². The van der Waals surface area contributed by atoms with Crippen molar-refractivity contribution in [3.63, 3.8) is 0 Å². The molecular formula is C20H16O2S. The number of carbonyl (C=O) groups excluding carboxylic acids is 1. The fourth-order valence-electron chi connectivity index (χ4n) is 2.21. The van der Waals surface area contributed by atoms with E-state index in [1.54, 1.807) is 24.5 Å². The van der Waals surface area contributed by atoms with Crippen molar-refractivity contribution in [2.24, 2.45) is 0 Å². The average Bonchev–Trinajstić information content (AvgIpc) is 3.09. The normalized spacial score (nSPS) is 10.8. The SMILES string of the molecule is COc1ccc(-c2ccc(/C=C/C(=O)c3ccccc3)s2)cc1. The average molecular weight is 320 g/mol. The molecule has 3 rings (SSSR count). The highest BCUT2D eigenvalue weighted by Crippen LogP contribution is 2.30. The van der Waals surface area contributed by atoms with Gasteiger partial charge in [0.1, 0.15) is 5.75 Å². The van der Waals surface area contributed by atoms with E-state index in [-0.39, 0.29) is 5.78 Å². The first-order valence-electron chi connectivity index (χ1n) is 7.28. The molecule has 0 radical (unpaired) electrons. The maximum Gasteiger partial charge on any atom is 0.185 e. The number of methoxy groups -OCH3 is 1. The molecule has 0 aliphatic rings. The van der Waals surface area contributed by atoms with Crippen molar-refractivity contribution < 1.29 is 9.53 Å². The molecule has 3 heteroatoms. The van der Waals surface area contributed by atoms with E-state index < -0.39 is 0 Å². The Morgan fingerprint density at radius 3 is 2.39 bits per heavy atom. The van der Waals surface area contributed by atoms with Crippen LogP contribution in [0.15, 0.2) is 72.8 Å². The van der Waals surface area contributed by atoms with Crippen LogP contribution in [0.2, 0.25) is 0 Å². The third-order valence-corrected chi connectivity index (χ3v) is 4.56. The van der Waals surface area contributed by atoms with Crippen LogP contribution in [0, 0.1) is 0 Å². The summed E-state index contributed by atoms with van der Waals surface area (Å²) in [5.74, 6) is 0.865. The van der Waals surface area contributed by atoms with E-state index in [4.69, 9.17) is 4.74 Å². The Morgan fingerprint density at radius 1 is 0.957 bits per heavy atom. The van der Waals surface area contributed by atoms with Crippen molar-refractivity contribution in [1.82, 2.24) is 0 Å². The topological polar surface area (TPSA) is 26.3 Å². The third kappa shape index (κ3) is 3.76. The van der Waals surface area contributed by atoms with E-state index in [0.717, 1.165) is 16.2 Å². The highest BCUT2D eigenvalue weighted by molar-refractivity contribution is 7.16. The largest absolute Gasteiger partial charge is 0.497 e. The lowest BCUT2D eigenvalue weighted by atomic mass is 10.1. The summed E-state index contributed by atoms with van der Waals surface area (Å²) in [7, 11) is 1.66. The van der Waals surface area contributed by atoms with Crippen LogP contribution < -0.4 is 4.74 Å². The molecule has 0 N–H and O–H groups in total. The summed E-state index contributed by atoms with van der Waals surface area (Å²) in [4.78, 5) is 14.3. The monoisotopic (exact) mass is 320 g/mol. The Hall–Kier alpha value is -2.65. The molecule has 0 aliphatic carbocycles. The molecule has 0 fully saturated rings. The number of thiophene rings is 1. The predicted octanol–water partition coefficient (Wildman–Crippen LogP) is 5.32. The number of ether oxygens (including phenoxy) is 1. The molecule has 0 unspecified atom stereocenters. The van der Waals surface area contributed by atoms with Gasteiger partial charge in [-0.15, -0.1) is 11.3 Å². The minimum atomic E-state index is 0.0185. The zero-order chi connectivity index (χ0) is 16.1. The highest BCUT2D eigenvalue weighted by Gasteiger charge is 2.03. The molecule has 1 heterocycles. The third-order valence-electron chi connectivity index (χ3n) is 3.46. The summed E-state index contributed by atoms with van der Waals surface area (Å²) in [6.45, 7) is 0. The van der Waals surface area contributed by atoms with E-state index in [1.165, 1.54) is 4.88 Å². The molecule has 0 spiro atoms. The number of ketones is 1. The molecule has 3 aromatic rings. The molecule has 114 valence electrons. The first-order valence-corrected chi connectivity index (χ1v) is 8.09. The molecule has 23 heavy (non-hydrogen) atoms. The number of allylic oxidation sites excluding steroid dienone is 1.